The van der Waals surface area contributed by atoms with Crippen molar-refractivity contribution >= 4 is 24.5 Å². The average Bonchev–Trinajstić information content (AvgIpc) is 2.83. The number of urea groups is 1. The Labute approximate surface area is 194 Å². The van der Waals surface area contributed by atoms with Gasteiger partial charge in [-0.2, -0.15) is 0 Å². The minimum atomic E-state index is -0.673. The van der Waals surface area contributed by atoms with E-state index in [1.54, 1.807) is 18.2 Å². The molecule has 3 aromatic rings. The van der Waals surface area contributed by atoms with E-state index in [9.17, 15) is 9.90 Å². The van der Waals surface area contributed by atoms with E-state index >= 15 is 0 Å². The van der Waals surface area contributed by atoms with Gasteiger partial charge in [-0.15, -0.1) is 0 Å². The second-order valence-electron chi connectivity index (χ2n) is 7.29. The zero-order valence-corrected chi connectivity index (χ0v) is 18.7. The van der Waals surface area contributed by atoms with Crippen LogP contribution >= 0.6 is 12.8 Å². The third-order valence-corrected chi connectivity index (χ3v) is 5.31. The van der Waals surface area contributed by atoms with Crippen LogP contribution in [0, 0.1) is 0 Å². The third-order valence-electron chi connectivity index (χ3n) is 4.89. The number of aliphatic hydroxyl groups is 1. The lowest BCUT2D eigenvalue weighted by molar-refractivity contribution is 0.219. The Morgan fingerprint density at radius 3 is 2.09 bits per heavy atom. The monoisotopic (exact) mass is 452 g/mol. The van der Waals surface area contributed by atoms with Gasteiger partial charge in [-0.05, 0) is 54.7 Å². The van der Waals surface area contributed by atoms with Gasteiger partial charge in [0.25, 0.3) is 0 Å². The number of rotatable bonds is 11. The first-order valence-electron chi connectivity index (χ1n) is 10.5. The molecule has 3 N–H and O–H groups in total. The molecule has 0 bridgehead atoms. The van der Waals surface area contributed by atoms with Crippen LogP contribution in [-0.4, -0.2) is 24.4 Å². The fourth-order valence-electron chi connectivity index (χ4n) is 3.20. The highest BCUT2D eigenvalue weighted by Crippen LogP contribution is 2.25. The molecule has 0 fully saturated rings. The summed E-state index contributed by atoms with van der Waals surface area (Å²) in [7, 11) is 0. The molecule has 3 aromatic carbocycles. The zero-order valence-electron chi connectivity index (χ0n) is 17.8. The summed E-state index contributed by atoms with van der Waals surface area (Å²) in [6.07, 6.45) is 2.04. The fraction of sp³-hybridized carbons (Fsp3) is 0.240. The second-order valence-corrected chi connectivity index (χ2v) is 7.69. The molecule has 0 heterocycles. The summed E-state index contributed by atoms with van der Waals surface area (Å²) < 4.78 is 12.7. The molecule has 0 saturated heterocycles. The van der Waals surface area contributed by atoms with E-state index in [0.29, 0.717) is 24.7 Å². The maximum absolute atomic E-state index is 11.2. The minimum Gasteiger partial charge on any atom is -0.494 e. The van der Waals surface area contributed by atoms with E-state index in [1.165, 1.54) is 0 Å². The quantitative estimate of drug-likeness (QED) is 0.278. The van der Waals surface area contributed by atoms with E-state index in [2.05, 4.69) is 12.8 Å². The lowest BCUT2D eigenvalue weighted by Crippen LogP contribution is -2.27. The SMILES string of the molecule is NC(=O)N(S)c1cccc(OCCCCCOc2cccc(C(O)c3ccccc3)c2)c1. The van der Waals surface area contributed by atoms with Gasteiger partial charge in [0.1, 0.15) is 17.6 Å². The number of hydrogen-bond donors (Lipinski definition) is 3. The van der Waals surface area contributed by atoms with Crippen molar-refractivity contribution in [3.05, 3.63) is 90.0 Å². The molecule has 0 radical (unpaired) electrons. The van der Waals surface area contributed by atoms with Gasteiger partial charge in [0.2, 0.25) is 0 Å². The summed E-state index contributed by atoms with van der Waals surface area (Å²) in [6, 6.07) is 23.5. The number of thiol groups is 1. The summed E-state index contributed by atoms with van der Waals surface area (Å²) in [5, 5.41) is 10.6. The highest BCUT2D eigenvalue weighted by molar-refractivity contribution is 7.82. The van der Waals surface area contributed by atoms with Gasteiger partial charge in [0.15, 0.2) is 0 Å². The van der Waals surface area contributed by atoms with Gasteiger partial charge in [-0.1, -0.05) is 61.3 Å². The third kappa shape index (κ3) is 6.93. The number of aliphatic hydroxyl groups excluding tert-OH is 1. The Morgan fingerprint density at radius 1 is 0.844 bits per heavy atom. The number of benzene rings is 3. The van der Waals surface area contributed by atoms with Gasteiger partial charge < -0.3 is 20.3 Å². The van der Waals surface area contributed by atoms with Crippen molar-refractivity contribution in [2.24, 2.45) is 5.73 Å². The second kappa shape index (κ2) is 12.0. The Kier molecular flexibility index (Phi) is 8.83. The topological polar surface area (TPSA) is 85.0 Å². The van der Waals surface area contributed by atoms with Crippen molar-refractivity contribution in [1.82, 2.24) is 0 Å². The first-order chi connectivity index (χ1) is 15.5. The molecule has 7 heteroatoms. The van der Waals surface area contributed by atoms with Crippen LogP contribution in [0.3, 0.4) is 0 Å². The Hall–Kier alpha value is -3.16. The molecule has 0 spiro atoms. The first kappa shape index (κ1) is 23.5. The summed E-state index contributed by atoms with van der Waals surface area (Å²) in [4.78, 5) is 11.2. The number of ether oxygens (including phenoxy) is 2. The minimum absolute atomic E-state index is 0.561. The van der Waals surface area contributed by atoms with Gasteiger partial charge in [-0.25, -0.2) is 9.10 Å². The molecular formula is C25H28N2O4S. The van der Waals surface area contributed by atoms with Gasteiger partial charge in [-0.3, -0.25) is 0 Å². The lowest BCUT2D eigenvalue weighted by Gasteiger charge is -2.14. The molecule has 3 rings (SSSR count). The van der Waals surface area contributed by atoms with Crippen LogP contribution in [0.2, 0.25) is 0 Å². The number of primary amides is 1. The predicted octanol–water partition coefficient (Wildman–Crippen LogP) is 5.13. The first-order valence-corrected chi connectivity index (χ1v) is 10.9. The highest BCUT2D eigenvalue weighted by atomic mass is 32.1. The van der Waals surface area contributed by atoms with Crippen LogP contribution in [0.1, 0.15) is 36.5 Å². The standard InChI is InChI=1S/C25H28N2O4S/c26-25(29)27(32)21-12-8-14-23(18-21)31-16-6-2-5-15-30-22-13-7-11-20(17-22)24(28)19-9-3-1-4-10-19/h1,3-4,7-14,17-18,24,28,32H,2,5-6,15-16H2,(H2,26,29). The van der Waals surface area contributed by atoms with Crippen molar-refractivity contribution in [2.75, 3.05) is 17.5 Å². The number of nitrogens with two attached hydrogens (primary N) is 1. The van der Waals surface area contributed by atoms with Crippen molar-refractivity contribution in [2.45, 2.75) is 25.4 Å². The average molecular weight is 453 g/mol. The van der Waals surface area contributed by atoms with E-state index in [4.69, 9.17) is 15.2 Å². The van der Waals surface area contributed by atoms with E-state index in [1.807, 2.05) is 60.7 Å². The smallest absolute Gasteiger partial charge is 0.329 e. The number of carbonyl (C=O) groups is 1. The van der Waals surface area contributed by atoms with E-state index in [0.717, 1.165) is 40.4 Å². The fourth-order valence-corrected chi connectivity index (χ4v) is 3.32. The van der Waals surface area contributed by atoms with Crippen molar-refractivity contribution in [3.63, 3.8) is 0 Å². The Balaban J connectivity index is 1.37. The molecule has 0 aromatic heterocycles. The number of amides is 2. The van der Waals surface area contributed by atoms with Crippen LogP contribution < -0.4 is 19.5 Å². The number of unbranched alkanes of at least 4 members (excludes halogenated alkanes) is 2. The number of anilines is 1. The molecule has 0 aliphatic carbocycles. The molecule has 0 aliphatic rings. The predicted molar refractivity (Wildman–Crippen MR) is 129 cm³/mol. The molecule has 6 nitrogen and oxygen atoms in total. The van der Waals surface area contributed by atoms with E-state index in [-0.39, 0.29) is 0 Å². The van der Waals surface area contributed by atoms with Gasteiger partial charge in [0, 0.05) is 6.07 Å². The molecule has 1 unspecified atom stereocenters. The summed E-state index contributed by atoms with van der Waals surface area (Å²) in [5.41, 5.74) is 7.44. The maximum atomic E-state index is 11.2. The largest absolute Gasteiger partial charge is 0.494 e. The summed E-state index contributed by atoms with van der Waals surface area (Å²) in [5.74, 6) is 1.41. The van der Waals surface area contributed by atoms with Gasteiger partial charge >= 0.3 is 6.03 Å². The normalized spacial score (nSPS) is 11.6. The maximum Gasteiger partial charge on any atom is 0.329 e. The van der Waals surface area contributed by atoms with Crippen LogP contribution in [0.15, 0.2) is 78.9 Å². The number of hydrogen-bond acceptors (Lipinski definition) is 5. The molecule has 1 atom stereocenters. The molecule has 168 valence electrons. The van der Waals surface area contributed by atoms with Crippen molar-refractivity contribution in [3.8, 4) is 11.5 Å². The number of carbonyl (C=O) groups excluding carboxylic acids is 1. The van der Waals surface area contributed by atoms with Crippen LogP contribution in [-0.2, 0) is 0 Å². The van der Waals surface area contributed by atoms with Crippen LogP contribution in [0.4, 0.5) is 10.5 Å². The molecule has 2 amide bonds. The summed E-state index contributed by atoms with van der Waals surface area (Å²) >= 11 is 4.05. The Morgan fingerprint density at radius 2 is 1.44 bits per heavy atom. The highest BCUT2D eigenvalue weighted by Gasteiger charge is 2.11. The number of nitrogens with zero attached hydrogens (tertiary/aromatic N) is 1. The molecular weight excluding hydrogens is 424 g/mol. The molecule has 0 saturated carbocycles. The van der Waals surface area contributed by atoms with Gasteiger partial charge in [0.05, 0.1) is 18.9 Å². The Bertz CT molecular complexity index is 1000. The molecule has 32 heavy (non-hydrogen) atoms. The van der Waals surface area contributed by atoms with E-state index < -0.39 is 12.1 Å². The van der Waals surface area contributed by atoms with Crippen molar-refractivity contribution in [1.29, 1.82) is 0 Å². The van der Waals surface area contributed by atoms with Crippen LogP contribution in [0.25, 0.3) is 0 Å². The summed E-state index contributed by atoms with van der Waals surface area (Å²) in [6.45, 7) is 1.15. The lowest BCUT2D eigenvalue weighted by atomic mass is 10.0. The van der Waals surface area contributed by atoms with Crippen LogP contribution in [0.5, 0.6) is 11.5 Å². The molecule has 0 aliphatic heterocycles. The van der Waals surface area contributed by atoms with Crippen molar-refractivity contribution < 1.29 is 19.4 Å². The zero-order chi connectivity index (χ0) is 22.8.